The number of hydrogen-bond donors (Lipinski definition) is 2. The lowest BCUT2D eigenvalue weighted by Gasteiger charge is -2.43. The zero-order valence-electron chi connectivity index (χ0n) is 17.4. The van der Waals surface area contributed by atoms with Crippen LogP contribution in [0.2, 0.25) is 0 Å². The summed E-state index contributed by atoms with van der Waals surface area (Å²) in [5.74, 6) is -0.0383. The smallest absolute Gasteiger partial charge is 0.408 e. The molecule has 3 N–H and O–H groups in total. The topological polar surface area (TPSA) is 86.9 Å². The minimum atomic E-state index is -0.947. The summed E-state index contributed by atoms with van der Waals surface area (Å²) < 4.78 is 0. The summed E-state index contributed by atoms with van der Waals surface area (Å²) in [6.07, 6.45) is -0.385. The van der Waals surface area contributed by atoms with Gasteiger partial charge in [0.25, 0.3) is 0 Å². The molecule has 1 aliphatic rings. The van der Waals surface area contributed by atoms with E-state index in [1.54, 1.807) is 11.8 Å². The third-order valence-electron chi connectivity index (χ3n) is 5.63. The van der Waals surface area contributed by atoms with Crippen LogP contribution < -0.4 is 10.6 Å². The third kappa shape index (κ3) is 3.98. The van der Waals surface area contributed by atoms with Crippen LogP contribution >= 0.6 is 0 Å². The van der Waals surface area contributed by atoms with Gasteiger partial charge in [-0.25, -0.2) is 4.79 Å². The lowest BCUT2D eigenvalue weighted by molar-refractivity contribution is -0.117. The highest BCUT2D eigenvalue weighted by molar-refractivity contribution is 5.94. The molecular weight excluding hydrogens is 366 g/mol. The summed E-state index contributed by atoms with van der Waals surface area (Å²) in [5.41, 5.74) is 10.4. The van der Waals surface area contributed by atoms with Gasteiger partial charge in [0.15, 0.2) is 0 Å². The molecule has 0 aliphatic carbocycles. The molecule has 0 spiro atoms. The Labute approximate surface area is 171 Å². The minimum absolute atomic E-state index is 0.0383. The largest absolute Gasteiger partial charge is 0.465 e. The maximum absolute atomic E-state index is 12.3. The summed E-state index contributed by atoms with van der Waals surface area (Å²) in [6, 6.07) is 13.4. The first-order valence-electron chi connectivity index (χ1n) is 9.99. The van der Waals surface area contributed by atoms with Crippen LogP contribution in [0.4, 0.5) is 10.5 Å². The lowest BCUT2D eigenvalue weighted by Crippen LogP contribution is -2.48. The highest BCUT2D eigenvalue weighted by atomic mass is 16.4. The molecule has 0 bridgehead atoms. The molecule has 6 heteroatoms. The zero-order valence-corrected chi connectivity index (χ0v) is 17.4. The van der Waals surface area contributed by atoms with Crippen LogP contribution in [0.3, 0.4) is 0 Å². The van der Waals surface area contributed by atoms with Crippen molar-refractivity contribution in [1.29, 1.82) is 0 Å². The van der Waals surface area contributed by atoms with E-state index in [2.05, 4.69) is 0 Å². The van der Waals surface area contributed by atoms with Crippen LogP contribution in [0.15, 0.2) is 42.5 Å². The van der Waals surface area contributed by atoms with Crippen molar-refractivity contribution in [1.82, 2.24) is 4.90 Å². The Kier molecular flexibility index (Phi) is 5.94. The molecule has 1 aliphatic heterocycles. The van der Waals surface area contributed by atoms with Crippen LogP contribution in [0.5, 0.6) is 0 Å². The Morgan fingerprint density at radius 3 is 2.31 bits per heavy atom. The molecule has 2 aromatic rings. The summed E-state index contributed by atoms with van der Waals surface area (Å²) in [4.78, 5) is 27.6. The molecule has 1 heterocycles. The average Bonchev–Trinajstić information content (AvgIpc) is 2.67. The zero-order chi connectivity index (χ0) is 21.3. The van der Waals surface area contributed by atoms with Gasteiger partial charge in [0.1, 0.15) is 0 Å². The standard InChI is InChI=1S/C23H29N3O3/c1-14(2)25(23(28)29)22-11-15(3)26(16(4)27)21-10-9-19(12-20(21)22)18-7-5-17(13-24)6-8-18/h5-10,12,14-15,22H,11,13,24H2,1-4H3,(H,28,29). The fourth-order valence-corrected chi connectivity index (χ4v) is 4.30. The first kappa shape index (κ1) is 20.9. The Bertz CT molecular complexity index is 908. The Hall–Kier alpha value is -2.86. The Balaban J connectivity index is 2.15. The maximum Gasteiger partial charge on any atom is 0.408 e. The predicted molar refractivity (Wildman–Crippen MR) is 115 cm³/mol. The van der Waals surface area contributed by atoms with Gasteiger partial charge >= 0.3 is 6.09 Å². The predicted octanol–water partition coefficient (Wildman–Crippen LogP) is 4.39. The molecule has 2 unspecified atom stereocenters. The number of carbonyl (C=O) groups is 2. The second-order valence-corrected chi connectivity index (χ2v) is 7.95. The summed E-state index contributed by atoms with van der Waals surface area (Å²) >= 11 is 0. The summed E-state index contributed by atoms with van der Waals surface area (Å²) in [5, 5.41) is 9.86. The molecule has 2 aromatic carbocycles. The van der Waals surface area contributed by atoms with Gasteiger partial charge in [0.2, 0.25) is 5.91 Å². The lowest BCUT2D eigenvalue weighted by atomic mass is 9.87. The van der Waals surface area contributed by atoms with Crippen molar-refractivity contribution in [3.8, 4) is 11.1 Å². The van der Waals surface area contributed by atoms with E-state index in [0.29, 0.717) is 13.0 Å². The number of amides is 2. The average molecular weight is 396 g/mol. The van der Waals surface area contributed by atoms with Crippen LogP contribution in [0.1, 0.15) is 51.3 Å². The van der Waals surface area contributed by atoms with E-state index in [-0.39, 0.29) is 24.0 Å². The van der Waals surface area contributed by atoms with Crippen molar-refractivity contribution in [2.75, 3.05) is 4.90 Å². The van der Waals surface area contributed by atoms with Crippen LogP contribution in [-0.4, -0.2) is 34.1 Å². The summed E-state index contributed by atoms with van der Waals surface area (Å²) in [6.45, 7) is 7.77. The second kappa shape index (κ2) is 8.25. The van der Waals surface area contributed by atoms with Crippen molar-refractivity contribution in [2.45, 2.75) is 58.8 Å². The van der Waals surface area contributed by atoms with Crippen LogP contribution in [0, 0.1) is 0 Å². The molecular formula is C23H29N3O3. The van der Waals surface area contributed by atoms with E-state index in [9.17, 15) is 14.7 Å². The van der Waals surface area contributed by atoms with Crippen molar-refractivity contribution < 1.29 is 14.7 Å². The van der Waals surface area contributed by atoms with Crippen molar-refractivity contribution in [3.63, 3.8) is 0 Å². The minimum Gasteiger partial charge on any atom is -0.465 e. The van der Waals surface area contributed by atoms with Gasteiger partial charge in [0, 0.05) is 31.2 Å². The highest BCUT2D eigenvalue weighted by Crippen LogP contribution is 2.43. The van der Waals surface area contributed by atoms with Gasteiger partial charge in [0.05, 0.1) is 6.04 Å². The van der Waals surface area contributed by atoms with E-state index in [1.807, 2.05) is 63.2 Å². The summed E-state index contributed by atoms with van der Waals surface area (Å²) in [7, 11) is 0. The molecule has 0 radical (unpaired) electrons. The molecule has 6 nitrogen and oxygen atoms in total. The fraction of sp³-hybridized carbons (Fsp3) is 0.391. The first-order valence-corrected chi connectivity index (χ1v) is 9.99. The van der Waals surface area contributed by atoms with Gasteiger partial charge in [-0.3, -0.25) is 9.69 Å². The Morgan fingerprint density at radius 1 is 1.17 bits per heavy atom. The van der Waals surface area contributed by atoms with Gasteiger partial charge in [-0.2, -0.15) is 0 Å². The quantitative estimate of drug-likeness (QED) is 0.804. The van der Waals surface area contributed by atoms with Gasteiger partial charge in [-0.05, 0) is 61.6 Å². The number of hydrogen-bond acceptors (Lipinski definition) is 3. The van der Waals surface area contributed by atoms with Crippen LogP contribution in [-0.2, 0) is 11.3 Å². The number of rotatable bonds is 4. The van der Waals surface area contributed by atoms with E-state index in [0.717, 1.165) is 27.9 Å². The molecule has 154 valence electrons. The molecule has 0 fully saturated rings. The number of carbonyl (C=O) groups excluding carboxylic acids is 1. The van der Waals surface area contributed by atoms with Crippen molar-refractivity contribution in [2.24, 2.45) is 5.73 Å². The van der Waals surface area contributed by atoms with E-state index >= 15 is 0 Å². The number of nitrogens with two attached hydrogens (primary N) is 1. The van der Waals surface area contributed by atoms with Crippen LogP contribution in [0.25, 0.3) is 11.1 Å². The van der Waals surface area contributed by atoms with Crippen molar-refractivity contribution >= 4 is 17.7 Å². The highest BCUT2D eigenvalue weighted by Gasteiger charge is 2.38. The number of nitrogens with zero attached hydrogens (tertiary/aromatic N) is 2. The van der Waals surface area contributed by atoms with E-state index in [1.165, 1.54) is 4.90 Å². The first-order chi connectivity index (χ1) is 13.7. The van der Waals surface area contributed by atoms with Gasteiger partial charge < -0.3 is 15.7 Å². The van der Waals surface area contributed by atoms with Gasteiger partial charge in [-0.15, -0.1) is 0 Å². The molecule has 0 aromatic heterocycles. The van der Waals surface area contributed by atoms with Gasteiger partial charge in [-0.1, -0.05) is 30.3 Å². The molecule has 3 rings (SSSR count). The Morgan fingerprint density at radius 2 is 1.79 bits per heavy atom. The number of fused-ring (bicyclic) bond motifs is 1. The van der Waals surface area contributed by atoms with E-state index in [4.69, 9.17) is 5.73 Å². The van der Waals surface area contributed by atoms with Crippen molar-refractivity contribution in [3.05, 3.63) is 53.6 Å². The monoisotopic (exact) mass is 395 g/mol. The van der Waals surface area contributed by atoms with E-state index < -0.39 is 6.09 Å². The normalized spacial score (nSPS) is 18.5. The SMILES string of the molecule is CC(=O)N1c2ccc(-c3ccc(CN)cc3)cc2C(N(C(=O)O)C(C)C)CC1C. The number of benzene rings is 2. The number of anilines is 1. The molecule has 0 saturated carbocycles. The molecule has 2 atom stereocenters. The fourth-order valence-electron chi connectivity index (χ4n) is 4.30. The second-order valence-electron chi connectivity index (χ2n) is 7.95. The number of carboxylic acid groups (broad SMARTS) is 1. The third-order valence-corrected chi connectivity index (χ3v) is 5.63. The maximum atomic E-state index is 12.3. The molecule has 29 heavy (non-hydrogen) atoms. The molecule has 2 amide bonds. The molecule has 0 saturated heterocycles.